The summed E-state index contributed by atoms with van der Waals surface area (Å²) >= 11 is 0. The molecule has 16 nitrogen and oxygen atoms in total. The Labute approximate surface area is 639 Å². The number of carbonyl (C=O) groups excluding carboxylic acids is 3. The molecule has 0 amide bonds. The zero-order valence-corrected chi connectivity index (χ0v) is 67.9. The molecule has 18 heteroatoms. The van der Waals surface area contributed by atoms with Gasteiger partial charge in [0.2, 0.25) is 0 Å². The van der Waals surface area contributed by atoms with E-state index in [2.05, 4.69) is 154 Å². The van der Waals surface area contributed by atoms with Gasteiger partial charge in [0, 0.05) is 19.3 Å². The average Bonchev–Trinajstić information content (AvgIpc) is 0.917. The molecule has 5 unspecified atom stereocenters. The summed E-state index contributed by atoms with van der Waals surface area (Å²) in [6.45, 7) is 2.52. The molecule has 0 rings (SSSR count). The second-order valence-electron chi connectivity index (χ2n) is 27.5. The molecule has 0 fully saturated rings. The van der Waals surface area contributed by atoms with Crippen LogP contribution >= 0.6 is 15.6 Å². The second kappa shape index (κ2) is 79.2. The maximum absolute atomic E-state index is 13.0. The molecular formula is C87H150O16P2. The number of hydrogen-bond donors (Lipinski definition) is 4. The molecular weight excluding hydrogens is 1360 g/mol. The number of ether oxygens (including phenoxy) is 3. The van der Waals surface area contributed by atoms with E-state index in [9.17, 15) is 43.5 Å². The molecule has 0 aliphatic carbocycles. The van der Waals surface area contributed by atoms with Gasteiger partial charge in [-0.25, -0.2) is 9.13 Å². The molecule has 0 saturated heterocycles. The predicted molar refractivity (Wildman–Crippen MR) is 436 cm³/mol. The number of allylic oxidation sites excluding steroid dienone is 22. The van der Waals surface area contributed by atoms with Crippen LogP contribution < -0.4 is 0 Å². The summed E-state index contributed by atoms with van der Waals surface area (Å²) in [5.74, 6) is -1.59. The van der Waals surface area contributed by atoms with E-state index < -0.39 is 91.5 Å². The molecule has 4 N–H and O–H groups in total. The van der Waals surface area contributed by atoms with E-state index in [1.165, 1.54) is 109 Å². The van der Waals surface area contributed by atoms with Crippen molar-refractivity contribution in [2.24, 2.45) is 0 Å². The number of rotatable bonds is 78. The number of unbranched alkanes of at least 4 members (excludes halogenated alkanes) is 33. The van der Waals surface area contributed by atoms with E-state index in [1.807, 2.05) is 0 Å². The Morgan fingerprint density at radius 3 is 0.800 bits per heavy atom. The van der Waals surface area contributed by atoms with Gasteiger partial charge in [0.05, 0.1) is 26.4 Å². The van der Waals surface area contributed by atoms with Crippen LogP contribution in [0.5, 0.6) is 0 Å². The lowest BCUT2D eigenvalue weighted by molar-refractivity contribution is -0.161. The molecule has 604 valence electrons. The van der Waals surface area contributed by atoms with Crippen molar-refractivity contribution in [3.05, 3.63) is 134 Å². The van der Waals surface area contributed by atoms with Gasteiger partial charge in [-0.15, -0.1) is 0 Å². The zero-order valence-electron chi connectivity index (χ0n) is 66.1. The molecule has 0 radical (unpaired) electrons. The highest BCUT2D eigenvalue weighted by atomic mass is 31.2. The number of aliphatic hydroxyl groups is 2. The summed E-state index contributed by atoms with van der Waals surface area (Å²) in [6.07, 6.45) is 96.3. The van der Waals surface area contributed by atoms with Gasteiger partial charge in [-0.2, -0.15) is 0 Å². The van der Waals surface area contributed by atoms with Crippen LogP contribution in [0.2, 0.25) is 0 Å². The van der Waals surface area contributed by atoms with Crippen LogP contribution in [0, 0.1) is 0 Å². The number of esters is 3. The molecule has 0 aromatic heterocycles. The van der Waals surface area contributed by atoms with Crippen LogP contribution in [0.3, 0.4) is 0 Å². The molecule has 0 heterocycles. The van der Waals surface area contributed by atoms with Crippen molar-refractivity contribution >= 4 is 33.6 Å². The van der Waals surface area contributed by atoms with Gasteiger partial charge >= 0.3 is 33.6 Å². The maximum atomic E-state index is 13.0. The van der Waals surface area contributed by atoms with Crippen LogP contribution in [0.15, 0.2) is 134 Å². The van der Waals surface area contributed by atoms with Crippen molar-refractivity contribution in [1.82, 2.24) is 0 Å². The van der Waals surface area contributed by atoms with Gasteiger partial charge in [-0.3, -0.25) is 32.5 Å². The number of carbonyl (C=O) groups is 3. The van der Waals surface area contributed by atoms with E-state index >= 15 is 0 Å². The van der Waals surface area contributed by atoms with Crippen LogP contribution in [0.4, 0.5) is 0 Å². The number of hydrogen-bond acceptors (Lipinski definition) is 14. The number of phosphoric ester groups is 2. The van der Waals surface area contributed by atoms with Crippen LogP contribution in [0.25, 0.3) is 0 Å². The van der Waals surface area contributed by atoms with Gasteiger partial charge in [0.25, 0.3) is 0 Å². The monoisotopic (exact) mass is 1510 g/mol. The Balaban J connectivity index is 4.57. The van der Waals surface area contributed by atoms with E-state index in [1.54, 1.807) is 0 Å². The van der Waals surface area contributed by atoms with Crippen molar-refractivity contribution in [3.8, 4) is 0 Å². The molecule has 0 aliphatic heterocycles. The normalized spacial score (nSPS) is 14.6. The van der Waals surface area contributed by atoms with Gasteiger partial charge in [-0.05, 0) is 141 Å². The third-order valence-electron chi connectivity index (χ3n) is 17.3. The first-order valence-electron chi connectivity index (χ1n) is 41.5. The first kappa shape index (κ1) is 101. The standard InChI is InChI=1S/C87H150O16P2/c1-4-7-10-13-16-19-22-25-28-31-33-35-37-38-39-40-41-42-44-46-47-50-52-55-58-61-64-67-70-73-85(90)97-76-82(88)77-99-104(93,94)100-78-83(89)79-101-105(95,96)102-81-84(103-87(92)75-72-69-66-63-60-57-54-49-30-27-24-21-18-15-12-9-6-3)80-98-86(91)74-71-68-65-62-59-56-53-51-48-45-43-36-34-32-29-26-23-20-17-14-11-8-5-2/h9,12,16-21,25-30,33-36,38-39,45,48,82-84,88-89H,4-8,10-11,13-15,22-24,31-32,37,40-44,46-47,49-81H2,1-3H3,(H,93,94)(H,95,96)/b12-9-,19-16-,20-17-,21-18-,28-25-,29-26-,30-27-,35-33-,36-34-,39-38-,48-45-. The summed E-state index contributed by atoms with van der Waals surface area (Å²) < 4.78 is 61.2. The van der Waals surface area contributed by atoms with Gasteiger partial charge in [0.15, 0.2) is 6.10 Å². The highest BCUT2D eigenvalue weighted by molar-refractivity contribution is 7.47. The minimum absolute atomic E-state index is 0.0880. The first-order valence-corrected chi connectivity index (χ1v) is 44.5. The van der Waals surface area contributed by atoms with Crippen molar-refractivity contribution in [1.29, 1.82) is 0 Å². The second-order valence-corrected chi connectivity index (χ2v) is 30.4. The minimum atomic E-state index is -4.94. The fraction of sp³-hybridized carbons (Fsp3) is 0.713. The zero-order chi connectivity index (χ0) is 76.6. The fourth-order valence-electron chi connectivity index (χ4n) is 11.0. The summed E-state index contributed by atoms with van der Waals surface area (Å²) in [7, 11) is -9.80. The minimum Gasteiger partial charge on any atom is -0.463 e. The van der Waals surface area contributed by atoms with Gasteiger partial charge < -0.3 is 34.2 Å². The van der Waals surface area contributed by atoms with Crippen molar-refractivity contribution < 1.29 is 75.8 Å². The third-order valence-corrected chi connectivity index (χ3v) is 19.2. The first-order chi connectivity index (χ1) is 51.2. The number of aliphatic hydroxyl groups excluding tert-OH is 2. The fourth-order valence-corrected chi connectivity index (χ4v) is 12.6. The van der Waals surface area contributed by atoms with E-state index in [0.717, 1.165) is 173 Å². The Morgan fingerprint density at radius 1 is 0.276 bits per heavy atom. The Morgan fingerprint density at radius 2 is 0.505 bits per heavy atom. The third kappa shape index (κ3) is 80.5. The molecule has 5 atom stereocenters. The lowest BCUT2D eigenvalue weighted by Gasteiger charge is -2.21. The van der Waals surface area contributed by atoms with E-state index in [4.69, 9.17) is 32.3 Å². The van der Waals surface area contributed by atoms with Crippen molar-refractivity contribution in [2.45, 2.75) is 360 Å². The summed E-state index contributed by atoms with van der Waals surface area (Å²) in [5.41, 5.74) is 0. The van der Waals surface area contributed by atoms with Gasteiger partial charge in [0.1, 0.15) is 25.4 Å². The van der Waals surface area contributed by atoms with Gasteiger partial charge in [-0.1, -0.05) is 315 Å². The molecule has 0 aromatic rings. The van der Waals surface area contributed by atoms with E-state index in [0.29, 0.717) is 19.3 Å². The molecule has 0 saturated carbocycles. The smallest absolute Gasteiger partial charge is 0.463 e. The summed E-state index contributed by atoms with van der Waals surface area (Å²) in [4.78, 5) is 58.8. The molecule has 0 spiro atoms. The molecule has 0 bridgehead atoms. The topological polar surface area (TPSA) is 231 Å². The largest absolute Gasteiger partial charge is 0.472 e. The van der Waals surface area contributed by atoms with Crippen LogP contribution in [-0.2, 0) is 55.8 Å². The molecule has 0 aromatic carbocycles. The molecule has 105 heavy (non-hydrogen) atoms. The molecule has 0 aliphatic rings. The van der Waals surface area contributed by atoms with Crippen LogP contribution in [-0.4, -0.2) is 95.9 Å². The Kier molecular flexibility index (Phi) is 76.0. The van der Waals surface area contributed by atoms with Crippen molar-refractivity contribution in [3.63, 3.8) is 0 Å². The quantitative estimate of drug-likeness (QED) is 0.0146. The number of phosphoric acid groups is 2. The highest BCUT2D eigenvalue weighted by Crippen LogP contribution is 2.45. The Hall–Kier alpha value is -4.31. The Bertz CT molecular complexity index is 2440. The average molecular weight is 1510 g/mol. The lowest BCUT2D eigenvalue weighted by Crippen LogP contribution is -2.30. The maximum Gasteiger partial charge on any atom is 0.472 e. The van der Waals surface area contributed by atoms with E-state index in [-0.39, 0.29) is 19.3 Å². The van der Waals surface area contributed by atoms with Crippen molar-refractivity contribution in [2.75, 3.05) is 39.6 Å². The predicted octanol–water partition coefficient (Wildman–Crippen LogP) is 24.7. The summed E-state index contributed by atoms with van der Waals surface area (Å²) in [6, 6.07) is 0. The highest BCUT2D eigenvalue weighted by Gasteiger charge is 2.29. The van der Waals surface area contributed by atoms with Crippen LogP contribution in [0.1, 0.15) is 342 Å². The SMILES string of the molecule is CC/C=C\C/C=C\C/C=C\CCCCCCCCCC(=O)OC(COC(=O)CCCCCCCCC/C=C\C/C=C\C/C=C\C/C=C\CCCCC)COP(=O)(O)OCC(O)COP(=O)(O)OCC(O)COC(=O)CCCCCCCCCCCCCCC/C=C\C/C=C\C/C=C\C/C=C\CCCCC. The summed E-state index contributed by atoms with van der Waals surface area (Å²) in [5, 5.41) is 20.7. The lowest BCUT2D eigenvalue weighted by atomic mass is 10.0.